The quantitative estimate of drug-likeness (QED) is 0.548. The van der Waals surface area contributed by atoms with Crippen LogP contribution in [0, 0.1) is 0 Å². The third kappa shape index (κ3) is 1.45. The summed E-state index contributed by atoms with van der Waals surface area (Å²) in [4.78, 5) is 26.5. The fourth-order valence-electron chi connectivity index (χ4n) is 1.49. The fraction of sp³-hybridized carbons (Fsp3) is 0.222. The molecule has 0 aliphatic carbocycles. The van der Waals surface area contributed by atoms with E-state index in [1.165, 1.54) is 6.20 Å². The average molecular weight is 226 g/mol. The summed E-state index contributed by atoms with van der Waals surface area (Å²) in [7, 11) is 0. The molecule has 6 heteroatoms. The van der Waals surface area contributed by atoms with Crippen molar-refractivity contribution in [3.8, 4) is 0 Å². The number of imide groups is 1. The monoisotopic (exact) mass is 225 g/mol. The maximum Gasteiger partial charge on any atom is 0.322 e. The van der Waals surface area contributed by atoms with Gasteiger partial charge in [-0.3, -0.25) is 10.1 Å². The molecule has 0 radical (unpaired) electrons. The van der Waals surface area contributed by atoms with Crippen molar-refractivity contribution >= 4 is 23.5 Å². The highest BCUT2D eigenvalue weighted by Crippen LogP contribution is 2.28. The van der Waals surface area contributed by atoms with Crippen molar-refractivity contribution in [2.24, 2.45) is 0 Å². The summed E-state index contributed by atoms with van der Waals surface area (Å²) >= 11 is 5.86. The zero-order valence-electron chi connectivity index (χ0n) is 7.87. The van der Waals surface area contributed by atoms with Crippen LogP contribution in [0.5, 0.6) is 0 Å². The molecule has 0 aromatic carbocycles. The smallest absolute Gasteiger partial charge is 0.319 e. The minimum Gasteiger partial charge on any atom is -0.319 e. The minimum absolute atomic E-state index is 0.206. The Hall–Kier alpha value is -1.62. The molecule has 1 aromatic heterocycles. The summed E-state index contributed by atoms with van der Waals surface area (Å²) in [6.07, 6.45) is 1.52. The number of pyridine rings is 1. The Morgan fingerprint density at radius 3 is 2.73 bits per heavy atom. The van der Waals surface area contributed by atoms with Crippen LogP contribution in [0.3, 0.4) is 0 Å². The van der Waals surface area contributed by atoms with Gasteiger partial charge in [0.15, 0.2) is 0 Å². The maximum absolute atomic E-state index is 11.6. The number of aromatic nitrogens is 1. The van der Waals surface area contributed by atoms with Crippen LogP contribution in [0.25, 0.3) is 0 Å². The van der Waals surface area contributed by atoms with Crippen molar-refractivity contribution in [1.29, 1.82) is 0 Å². The van der Waals surface area contributed by atoms with Crippen molar-refractivity contribution in [2.75, 3.05) is 0 Å². The number of nitrogens with one attached hydrogen (secondary N) is 2. The first-order valence-electron chi connectivity index (χ1n) is 4.28. The Morgan fingerprint density at radius 1 is 1.47 bits per heavy atom. The van der Waals surface area contributed by atoms with Gasteiger partial charge >= 0.3 is 6.03 Å². The average Bonchev–Trinajstić information content (AvgIpc) is 2.42. The number of carbonyl (C=O) groups excluding carboxylic acids is 2. The number of hydrogen-bond acceptors (Lipinski definition) is 3. The molecule has 1 aliphatic rings. The van der Waals surface area contributed by atoms with Gasteiger partial charge in [-0.2, -0.15) is 0 Å². The summed E-state index contributed by atoms with van der Waals surface area (Å²) < 4.78 is 0. The molecule has 15 heavy (non-hydrogen) atoms. The van der Waals surface area contributed by atoms with Crippen molar-refractivity contribution in [1.82, 2.24) is 15.6 Å². The molecule has 1 fully saturated rings. The molecule has 1 aliphatic heterocycles. The van der Waals surface area contributed by atoms with E-state index in [0.717, 1.165) is 0 Å². The first kappa shape index (κ1) is 9.92. The van der Waals surface area contributed by atoms with Crippen molar-refractivity contribution in [3.63, 3.8) is 0 Å². The summed E-state index contributed by atoms with van der Waals surface area (Å²) in [6.45, 7) is 1.58. The Kier molecular flexibility index (Phi) is 2.12. The van der Waals surface area contributed by atoms with Crippen molar-refractivity contribution < 1.29 is 9.59 Å². The van der Waals surface area contributed by atoms with Gasteiger partial charge in [-0.1, -0.05) is 17.7 Å². The molecule has 0 unspecified atom stereocenters. The SMILES string of the molecule is C[C@]1(c2cccnc2Cl)NC(=O)NC1=O. The molecule has 2 N–H and O–H groups in total. The summed E-state index contributed by atoms with van der Waals surface area (Å²) in [5.74, 6) is -0.428. The van der Waals surface area contributed by atoms with Gasteiger partial charge in [-0.05, 0) is 13.0 Å². The van der Waals surface area contributed by atoms with Crippen LogP contribution in [-0.4, -0.2) is 16.9 Å². The van der Waals surface area contributed by atoms with Gasteiger partial charge in [0, 0.05) is 11.8 Å². The highest BCUT2D eigenvalue weighted by molar-refractivity contribution is 6.30. The van der Waals surface area contributed by atoms with E-state index < -0.39 is 17.5 Å². The highest BCUT2D eigenvalue weighted by atomic mass is 35.5. The first-order chi connectivity index (χ1) is 7.04. The van der Waals surface area contributed by atoms with E-state index in [9.17, 15) is 9.59 Å². The van der Waals surface area contributed by atoms with E-state index in [-0.39, 0.29) is 5.15 Å². The number of halogens is 1. The second-order valence-corrected chi connectivity index (χ2v) is 3.73. The molecule has 1 atom stereocenters. The molecule has 3 amide bonds. The molecule has 1 saturated heterocycles. The van der Waals surface area contributed by atoms with Crippen LogP contribution < -0.4 is 10.6 Å². The first-order valence-corrected chi connectivity index (χ1v) is 4.66. The number of carbonyl (C=O) groups is 2. The van der Waals surface area contributed by atoms with E-state index >= 15 is 0 Å². The Balaban J connectivity index is 2.51. The lowest BCUT2D eigenvalue weighted by Gasteiger charge is -2.21. The van der Waals surface area contributed by atoms with E-state index in [2.05, 4.69) is 15.6 Å². The minimum atomic E-state index is -1.14. The van der Waals surface area contributed by atoms with Crippen LogP contribution in [0.4, 0.5) is 4.79 Å². The molecular formula is C9H8ClN3O2. The predicted octanol–water partition coefficient (Wildman–Crippen LogP) is 0.790. The van der Waals surface area contributed by atoms with Gasteiger partial charge in [-0.15, -0.1) is 0 Å². The molecule has 5 nitrogen and oxygen atoms in total. The highest BCUT2D eigenvalue weighted by Gasteiger charge is 2.44. The second kappa shape index (κ2) is 3.20. The summed E-state index contributed by atoms with van der Waals surface area (Å²) in [5, 5.41) is 4.88. The van der Waals surface area contributed by atoms with Crippen LogP contribution in [0.1, 0.15) is 12.5 Å². The molecule has 78 valence electrons. The Morgan fingerprint density at radius 2 is 2.20 bits per heavy atom. The van der Waals surface area contributed by atoms with Gasteiger partial charge in [0.1, 0.15) is 10.7 Å². The fourth-order valence-corrected chi connectivity index (χ4v) is 1.80. The maximum atomic E-state index is 11.6. The zero-order valence-corrected chi connectivity index (χ0v) is 8.63. The van der Waals surface area contributed by atoms with Gasteiger partial charge in [-0.25, -0.2) is 9.78 Å². The van der Waals surface area contributed by atoms with Crippen molar-refractivity contribution in [2.45, 2.75) is 12.5 Å². The van der Waals surface area contributed by atoms with E-state index in [1.54, 1.807) is 19.1 Å². The zero-order chi connectivity index (χ0) is 11.1. The van der Waals surface area contributed by atoms with Crippen LogP contribution >= 0.6 is 11.6 Å². The van der Waals surface area contributed by atoms with E-state index in [0.29, 0.717) is 5.56 Å². The number of rotatable bonds is 1. The molecular weight excluding hydrogens is 218 g/mol. The second-order valence-electron chi connectivity index (χ2n) is 3.38. The number of urea groups is 1. The third-order valence-electron chi connectivity index (χ3n) is 2.34. The predicted molar refractivity (Wildman–Crippen MR) is 53.3 cm³/mol. The van der Waals surface area contributed by atoms with E-state index in [4.69, 9.17) is 11.6 Å². The van der Waals surface area contributed by atoms with Crippen LogP contribution in [0.2, 0.25) is 5.15 Å². The molecule has 0 spiro atoms. The Bertz CT molecular complexity index is 449. The lowest BCUT2D eigenvalue weighted by molar-refractivity contribution is -0.123. The molecule has 0 bridgehead atoms. The van der Waals surface area contributed by atoms with Crippen molar-refractivity contribution in [3.05, 3.63) is 29.0 Å². The van der Waals surface area contributed by atoms with Gasteiger partial charge in [0.05, 0.1) is 0 Å². The van der Waals surface area contributed by atoms with Gasteiger partial charge in [0.25, 0.3) is 5.91 Å². The molecule has 0 saturated carbocycles. The third-order valence-corrected chi connectivity index (χ3v) is 2.64. The van der Waals surface area contributed by atoms with E-state index in [1.807, 2.05) is 0 Å². The van der Waals surface area contributed by atoms with Crippen LogP contribution in [-0.2, 0) is 10.3 Å². The lowest BCUT2D eigenvalue weighted by atomic mass is 9.94. The summed E-state index contributed by atoms with van der Waals surface area (Å²) in [6, 6.07) is 2.78. The molecule has 1 aromatic rings. The van der Waals surface area contributed by atoms with Gasteiger partial charge < -0.3 is 5.32 Å². The van der Waals surface area contributed by atoms with Crippen LogP contribution in [0.15, 0.2) is 18.3 Å². The topological polar surface area (TPSA) is 71.1 Å². The largest absolute Gasteiger partial charge is 0.322 e. The number of amides is 3. The molecule has 2 rings (SSSR count). The standard InChI is InChI=1S/C9H8ClN3O2/c1-9(7(14)12-8(15)13-9)5-3-2-4-11-6(5)10/h2-4H,1H3,(H2,12,13,14,15)/t9-/m1/s1. The van der Waals surface area contributed by atoms with Gasteiger partial charge in [0.2, 0.25) is 0 Å². The number of nitrogens with zero attached hydrogens (tertiary/aromatic N) is 1. The Labute approximate surface area is 90.8 Å². The molecule has 2 heterocycles. The number of hydrogen-bond donors (Lipinski definition) is 2. The summed E-state index contributed by atoms with van der Waals surface area (Å²) in [5.41, 5.74) is -0.655. The normalized spacial score (nSPS) is 24.9. The lowest BCUT2D eigenvalue weighted by Crippen LogP contribution is -2.40.